The third-order valence-electron chi connectivity index (χ3n) is 5.00. The third kappa shape index (κ3) is 5.09. The lowest BCUT2D eigenvalue weighted by molar-refractivity contribution is -0.116. The summed E-state index contributed by atoms with van der Waals surface area (Å²) in [6.45, 7) is 3.33. The molecule has 7 nitrogen and oxygen atoms in total. The SMILES string of the molecule is O=C(CCn1cnc2ccc(Br)cc2c1=O)Nc1nc(CN2CCCCC2)cs1. The van der Waals surface area contributed by atoms with Gasteiger partial charge < -0.3 is 5.32 Å². The number of rotatable bonds is 6. The van der Waals surface area contributed by atoms with Gasteiger partial charge in [-0.05, 0) is 44.1 Å². The number of aryl methyl sites for hydroxylation is 1. The molecular formula is C20H22BrN5O2S. The minimum atomic E-state index is -0.162. The van der Waals surface area contributed by atoms with Crippen LogP contribution in [0.1, 0.15) is 31.4 Å². The van der Waals surface area contributed by atoms with Gasteiger partial charge in [0.15, 0.2) is 5.13 Å². The fraction of sp³-hybridized carbons (Fsp3) is 0.400. The van der Waals surface area contributed by atoms with Gasteiger partial charge in [0.2, 0.25) is 5.91 Å². The van der Waals surface area contributed by atoms with Crippen LogP contribution >= 0.6 is 27.3 Å². The van der Waals surface area contributed by atoms with Crippen LogP contribution in [-0.2, 0) is 17.9 Å². The maximum Gasteiger partial charge on any atom is 0.261 e. The third-order valence-corrected chi connectivity index (χ3v) is 6.30. The molecule has 1 aliphatic rings. The lowest BCUT2D eigenvalue weighted by Crippen LogP contribution is -2.29. The summed E-state index contributed by atoms with van der Waals surface area (Å²) < 4.78 is 2.29. The Labute approximate surface area is 180 Å². The minimum absolute atomic E-state index is 0.151. The van der Waals surface area contributed by atoms with Crippen molar-refractivity contribution in [3.8, 4) is 0 Å². The molecule has 0 unspecified atom stereocenters. The minimum Gasteiger partial charge on any atom is -0.302 e. The first kappa shape index (κ1) is 20.2. The second kappa shape index (κ2) is 9.15. The highest BCUT2D eigenvalue weighted by atomic mass is 79.9. The highest BCUT2D eigenvalue weighted by Crippen LogP contribution is 2.19. The van der Waals surface area contributed by atoms with E-state index in [1.807, 2.05) is 11.4 Å². The maximum absolute atomic E-state index is 12.6. The molecule has 0 aliphatic carbocycles. The van der Waals surface area contributed by atoms with Gasteiger partial charge in [0, 0.05) is 29.4 Å². The average molecular weight is 476 g/mol. The number of thiazole rings is 1. The smallest absolute Gasteiger partial charge is 0.261 e. The first-order chi connectivity index (χ1) is 14.1. The Kier molecular flexibility index (Phi) is 6.37. The Hall–Kier alpha value is -2.10. The summed E-state index contributed by atoms with van der Waals surface area (Å²) in [6, 6.07) is 5.39. The summed E-state index contributed by atoms with van der Waals surface area (Å²) in [5.41, 5.74) is 1.48. The first-order valence-electron chi connectivity index (χ1n) is 9.70. The second-order valence-corrected chi connectivity index (χ2v) is 8.96. The van der Waals surface area contributed by atoms with Crippen LogP contribution in [0, 0.1) is 0 Å². The van der Waals surface area contributed by atoms with Crippen molar-refractivity contribution >= 4 is 49.2 Å². The van der Waals surface area contributed by atoms with E-state index < -0.39 is 0 Å². The lowest BCUT2D eigenvalue weighted by atomic mass is 10.1. The number of carbonyl (C=O) groups excluding carboxylic acids is 1. The van der Waals surface area contributed by atoms with Gasteiger partial charge in [0.25, 0.3) is 5.56 Å². The molecule has 3 heterocycles. The summed E-state index contributed by atoms with van der Waals surface area (Å²) in [5, 5.41) is 5.98. The monoisotopic (exact) mass is 475 g/mol. The number of nitrogens with one attached hydrogen (secondary N) is 1. The normalized spacial score (nSPS) is 14.9. The van der Waals surface area contributed by atoms with Gasteiger partial charge in [-0.25, -0.2) is 9.97 Å². The van der Waals surface area contributed by atoms with E-state index in [1.54, 1.807) is 12.1 Å². The van der Waals surface area contributed by atoms with E-state index in [0.717, 1.165) is 29.8 Å². The number of amides is 1. The van der Waals surface area contributed by atoms with Gasteiger partial charge in [-0.15, -0.1) is 11.3 Å². The quantitative estimate of drug-likeness (QED) is 0.588. The molecule has 0 radical (unpaired) electrons. The molecule has 1 amide bonds. The number of halogens is 1. The Morgan fingerprint density at radius 3 is 2.90 bits per heavy atom. The van der Waals surface area contributed by atoms with E-state index in [0.29, 0.717) is 16.0 Å². The van der Waals surface area contributed by atoms with Crippen molar-refractivity contribution in [3.63, 3.8) is 0 Å². The Morgan fingerprint density at radius 1 is 1.24 bits per heavy atom. The molecule has 1 N–H and O–H groups in total. The zero-order valence-electron chi connectivity index (χ0n) is 15.9. The van der Waals surface area contributed by atoms with Crippen LogP contribution in [0.4, 0.5) is 5.13 Å². The van der Waals surface area contributed by atoms with Crippen LogP contribution in [0.3, 0.4) is 0 Å². The molecule has 9 heteroatoms. The highest BCUT2D eigenvalue weighted by molar-refractivity contribution is 9.10. The number of carbonyl (C=O) groups is 1. The van der Waals surface area contributed by atoms with E-state index in [9.17, 15) is 9.59 Å². The number of fused-ring (bicyclic) bond motifs is 1. The van der Waals surface area contributed by atoms with Gasteiger partial charge in [-0.1, -0.05) is 22.4 Å². The molecule has 3 aromatic rings. The molecule has 0 atom stereocenters. The summed E-state index contributed by atoms with van der Waals surface area (Å²) in [5.74, 6) is -0.162. The van der Waals surface area contributed by atoms with Gasteiger partial charge in [-0.2, -0.15) is 0 Å². The summed E-state index contributed by atoms with van der Waals surface area (Å²) >= 11 is 4.81. The number of hydrogen-bond acceptors (Lipinski definition) is 6. The molecule has 0 saturated carbocycles. The number of piperidine rings is 1. The van der Waals surface area contributed by atoms with Crippen molar-refractivity contribution in [1.29, 1.82) is 0 Å². The number of anilines is 1. The number of benzene rings is 1. The molecule has 1 fully saturated rings. The molecule has 152 valence electrons. The summed E-state index contributed by atoms with van der Waals surface area (Å²) in [7, 11) is 0. The predicted molar refractivity (Wildman–Crippen MR) is 118 cm³/mol. The second-order valence-electron chi connectivity index (χ2n) is 7.18. The van der Waals surface area contributed by atoms with Crippen molar-refractivity contribution in [1.82, 2.24) is 19.4 Å². The maximum atomic E-state index is 12.6. The molecular weight excluding hydrogens is 454 g/mol. The largest absolute Gasteiger partial charge is 0.302 e. The summed E-state index contributed by atoms with van der Waals surface area (Å²) in [4.78, 5) is 36.1. The molecule has 29 heavy (non-hydrogen) atoms. The van der Waals surface area contributed by atoms with Crippen molar-refractivity contribution in [3.05, 3.63) is 50.4 Å². The van der Waals surface area contributed by atoms with Gasteiger partial charge >= 0.3 is 0 Å². The first-order valence-corrected chi connectivity index (χ1v) is 11.4. The van der Waals surface area contributed by atoms with E-state index in [1.165, 1.54) is 41.5 Å². The zero-order chi connectivity index (χ0) is 20.2. The van der Waals surface area contributed by atoms with E-state index >= 15 is 0 Å². The highest BCUT2D eigenvalue weighted by Gasteiger charge is 2.13. The number of hydrogen-bond donors (Lipinski definition) is 1. The van der Waals surface area contributed by atoms with E-state index in [2.05, 4.69) is 36.1 Å². The fourth-order valence-corrected chi connectivity index (χ4v) is 4.56. The van der Waals surface area contributed by atoms with Crippen molar-refractivity contribution in [2.75, 3.05) is 18.4 Å². The molecule has 2 aromatic heterocycles. The number of aromatic nitrogens is 3. The predicted octanol–water partition coefficient (Wildman–Crippen LogP) is 3.63. The standard InChI is InChI=1S/C20H22BrN5O2S/c21-14-4-5-17-16(10-14)19(28)26(13-22-17)9-6-18(27)24-20-23-15(12-29-20)11-25-7-2-1-3-8-25/h4-5,10,12-13H,1-3,6-9,11H2,(H,23,24,27). The number of likely N-dealkylation sites (tertiary alicyclic amines) is 1. The fourth-order valence-electron chi connectivity index (χ4n) is 3.48. The topological polar surface area (TPSA) is 80.1 Å². The molecule has 1 aliphatic heterocycles. The van der Waals surface area contributed by atoms with Gasteiger partial charge in [0.1, 0.15) is 0 Å². The Bertz CT molecular complexity index is 1070. The van der Waals surface area contributed by atoms with Crippen LogP contribution in [0.15, 0.2) is 39.2 Å². The van der Waals surface area contributed by atoms with Crippen LogP contribution in [-0.4, -0.2) is 38.4 Å². The van der Waals surface area contributed by atoms with Gasteiger partial charge in [0.05, 0.1) is 22.9 Å². The van der Waals surface area contributed by atoms with Gasteiger partial charge in [-0.3, -0.25) is 19.1 Å². The van der Waals surface area contributed by atoms with Crippen molar-refractivity contribution in [2.45, 2.75) is 38.8 Å². The Balaban J connectivity index is 1.34. The molecule has 1 aromatic carbocycles. The molecule has 4 rings (SSSR count). The Morgan fingerprint density at radius 2 is 2.07 bits per heavy atom. The summed E-state index contributed by atoms with van der Waals surface area (Å²) in [6.07, 6.45) is 5.47. The molecule has 1 saturated heterocycles. The van der Waals surface area contributed by atoms with E-state index in [-0.39, 0.29) is 24.4 Å². The van der Waals surface area contributed by atoms with Crippen LogP contribution < -0.4 is 10.9 Å². The lowest BCUT2D eigenvalue weighted by Gasteiger charge is -2.25. The molecule has 0 bridgehead atoms. The van der Waals surface area contributed by atoms with Crippen LogP contribution in [0.25, 0.3) is 10.9 Å². The number of nitrogens with zero attached hydrogens (tertiary/aromatic N) is 4. The zero-order valence-corrected chi connectivity index (χ0v) is 18.3. The van der Waals surface area contributed by atoms with Crippen LogP contribution in [0.5, 0.6) is 0 Å². The average Bonchev–Trinajstić information content (AvgIpc) is 3.15. The van der Waals surface area contributed by atoms with Crippen molar-refractivity contribution < 1.29 is 4.79 Å². The van der Waals surface area contributed by atoms with Crippen LogP contribution in [0.2, 0.25) is 0 Å². The van der Waals surface area contributed by atoms with Crippen molar-refractivity contribution in [2.24, 2.45) is 0 Å². The van der Waals surface area contributed by atoms with E-state index in [4.69, 9.17) is 0 Å². The molecule has 0 spiro atoms.